The summed E-state index contributed by atoms with van der Waals surface area (Å²) in [6, 6.07) is 14.8. The zero-order chi connectivity index (χ0) is 16.8. The molecule has 0 saturated carbocycles. The monoisotopic (exact) mass is 322 g/mol. The highest BCUT2D eigenvalue weighted by molar-refractivity contribution is 5.97. The Kier molecular flexibility index (Phi) is 4.98. The first kappa shape index (κ1) is 15.9. The molecular weight excluding hydrogens is 304 g/mol. The van der Waals surface area contributed by atoms with Crippen molar-refractivity contribution in [3.8, 4) is 5.82 Å². The van der Waals surface area contributed by atoms with Gasteiger partial charge in [-0.2, -0.15) is 5.10 Å². The molecule has 2 N–H and O–H groups in total. The molecule has 0 bridgehead atoms. The third kappa shape index (κ3) is 3.85. The topological polar surface area (TPSA) is 80.0 Å². The van der Waals surface area contributed by atoms with Crippen LogP contribution in [0, 0.1) is 0 Å². The fourth-order valence-corrected chi connectivity index (χ4v) is 2.41. The van der Waals surface area contributed by atoms with E-state index in [9.17, 15) is 9.90 Å². The van der Waals surface area contributed by atoms with E-state index in [2.05, 4.69) is 15.4 Å². The first-order valence-electron chi connectivity index (χ1n) is 7.69. The summed E-state index contributed by atoms with van der Waals surface area (Å²) in [4.78, 5) is 16.6. The second kappa shape index (κ2) is 7.52. The summed E-state index contributed by atoms with van der Waals surface area (Å²) < 4.78 is 1.54. The Hall–Kier alpha value is -2.99. The lowest BCUT2D eigenvalue weighted by Gasteiger charge is -2.13. The van der Waals surface area contributed by atoms with Crippen molar-refractivity contribution in [3.63, 3.8) is 0 Å². The van der Waals surface area contributed by atoms with E-state index in [1.165, 1.54) is 4.68 Å². The maximum Gasteiger partial charge on any atom is 0.255 e. The van der Waals surface area contributed by atoms with Gasteiger partial charge >= 0.3 is 0 Å². The number of aliphatic hydroxyl groups is 1. The molecule has 0 saturated heterocycles. The number of benzene rings is 1. The Morgan fingerprint density at radius 2 is 1.96 bits per heavy atom. The number of pyridine rings is 1. The lowest BCUT2D eigenvalue weighted by atomic mass is 10.1. The minimum absolute atomic E-state index is 0.168. The highest BCUT2D eigenvalue weighted by atomic mass is 16.3. The number of carbonyl (C=O) groups is 1. The fraction of sp³-hybridized carbons (Fsp3) is 0.167. The van der Waals surface area contributed by atoms with Crippen molar-refractivity contribution in [3.05, 3.63) is 78.2 Å². The van der Waals surface area contributed by atoms with Crippen LogP contribution in [0.25, 0.3) is 5.82 Å². The largest absolute Gasteiger partial charge is 0.391 e. The lowest BCUT2D eigenvalue weighted by molar-refractivity contribution is 0.0915. The SMILES string of the molecule is O=C(NCC(O)Cc1ccccc1)c1cccnc1-n1cccn1. The molecule has 3 rings (SSSR count). The first-order valence-corrected chi connectivity index (χ1v) is 7.69. The molecule has 1 atom stereocenters. The number of hydrogen-bond acceptors (Lipinski definition) is 4. The van der Waals surface area contributed by atoms with E-state index in [1.807, 2.05) is 30.3 Å². The number of aliphatic hydroxyl groups excluding tert-OH is 1. The Balaban J connectivity index is 1.64. The molecule has 0 aliphatic rings. The lowest BCUT2D eigenvalue weighted by Crippen LogP contribution is -2.33. The van der Waals surface area contributed by atoms with Crippen LogP contribution in [0.3, 0.4) is 0 Å². The van der Waals surface area contributed by atoms with E-state index in [0.717, 1.165) is 5.56 Å². The van der Waals surface area contributed by atoms with Crippen LogP contribution in [-0.4, -0.2) is 38.4 Å². The number of nitrogens with zero attached hydrogens (tertiary/aromatic N) is 3. The Morgan fingerprint density at radius 1 is 1.12 bits per heavy atom. The van der Waals surface area contributed by atoms with Crippen LogP contribution in [0.15, 0.2) is 67.1 Å². The summed E-state index contributed by atoms with van der Waals surface area (Å²) in [7, 11) is 0. The van der Waals surface area contributed by atoms with Gasteiger partial charge in [0.2, 0.25) is 0 Å². The molecular formula is C18H18N4O2. The minimum Gasteiger partial charge on any atom is -0.391 e. The molecule has 24 heavy (non-hydrogen) atoms. The van der Waals surface area contributed by atoms with Crippen LogP contribution in [-0.2, 0) is 6.42 Å². The second-order valence-corrected chi connectivity index (χ2v) is 5.38. The van der Waals surface area contributed by atoms with Crippen molar-refractivity contribution >= 4 is 5.91 Å². The van der Waals surface area contributed by atoms with Gasteiger partial charge in [0.15, 0.2) is 5.82 Å². The third-order valence-electron chi connectivity index (χ3n) is 3.57. The van der Waals surface area contributed by atoms with Crippen molar-refractivity contribution in [1.82, 2.24) is 20.1 Å². The molecule has 1 unspecified atom stereocenters. The predicted molar refractivity (Wildman–Crippen MR) is 89.8 cm³/mol. The quantitative estimate of drug-likeness (QED) is 0.722. The van der Waals surface area contributed by atoms with E-state index in [1.54, 1.807) is 36.8 Å². The first-order chi connectivity index (χ1) is 11.7. The highest BCUT2D eigenvalue weighted by Crippen LogP contribution is 2.10. The highest BCUT2D eigenvalue weighted by Gasteiger charge is 2.15. The number of amides is 1. The fourth-order valence-electron chi connectivity index (χ4n) is 2.41. The summed E-state index contributed by atoms with van der Waals surface area (Å²) in [5.74, 6) is 0.165. The van der Waals surface area contributed by atoms with Crippen LogP contribution in [0.4, 0.5) is 0 Å². The van der Waals surface area contributed by atoms with Crippen molar-refractivity contribution in [2.24, 2.45) is 0 Å². The van der Waals surface area contributed by atoms with Gasteiger partial charge in [-0.05, 0) is 23.8 Å². The molecule has 2 aromatic heterocycles. The van der Waals surface area contributed by atoms with Gasteiger partial charge in [0, 0.05) is 31.6 Å². The molecule has 0 radical (unpaired) electrons. The number of rotatable bonds is 6. The van der Waals surface area contributed by atoms with Crippen molar-refractivity contribution in [2.45, 2.75) is 12.5 Å². The minimum atomic E-state index is -0.652. The molecule has 1 aromatic carbocycles. The van der Waals surface area contributed by atoms with Crippen LogP contribution < -0.4 is 5.32 Å². The van der Waals surface area contributed by atoms with Gasteiger partial charge in [-0.15, -0.1) is 0 Å². The van der Waals surface area contributed by atoms with Gasteiger partial charge in [-0.3, -0.25) is 4.79 Å². The summed E-state index contributed by atoms with van der Waals surface area (Å²) in [6.45, 7) is 0.168. The van der Waals surface area contributed by atoms with Crippen LogP contribution in [0.5, 0.6) is 0 Å². The van der Waals surface area contributed by atoms with Gasteiger partial charge in [0.1, 0.15) is 0 Å². The van der Waals surface area contributed by atoms with E-state index in [0.29, 0.717) is 17.8 Å². The molecule has 0 aliphatic heterocycles. The van der Waals surface area contributed by atoms with E-state index in [-0.39, 0.29) is 12.5 Å². The van der Waals surface area contributed by atoms with Crippen molar-refractivity contribution in [1.29, 1.82) is 0 Å². The van der Waals surface area contributed by atoms with Gasteiger partial charge in [-0.1, -0.05) is 30.3 Å². The van der Waals surface area contributed by atoms with Crippen LogP contribution in [0.2, 0.25) is 0 Å². The Bertz CT molecular complexity index is 788. The zero-order valence-corrected chi connectivity index (χ0v) is 13.0. The normalized spacial score (nSPS) is 11.9. The summed E-state index contributed by atoms with van der Waals surface area (Å²) in [6.07, 6.45) is 4.79. The molecule has 1 amide bonds. The molecule has 0 aliphatic carbocycles. The number of carbonyl (C=O) groups excluding carboxylic acids is 1. The van der Waals surface area contributed by atoms with Gasteiger partial charge in [0.25, 0.3) is 5.91 Å². The maximum atomic E-state index is 12.4. The maximum absolute atomic E-state index is 12.4. The average molecular weight is 322 g/mol. The van der Waals surface area contributed by atoms with E-state index in [4.69, 9.17) is 0 Å². The number of aromatic nitrogens is 3. The summed E-state index contributed by atoms with van der Waals surface area (Å²) in [5.41, 5.74) is 1.44. The van der Waals surface area contributed by atoms with Crippen LogP contribution >= 0.6 is 0 Å². The molecule has 3 aromatic rings. The van der Waals surface area contributed by atoms with Gasteiger partial charge in [-0.25, -0.2) is 9.67 Å². The molecule has 6 nitrogen and oxygen atoms in total. The summed E-state index contributed by atoms with van der Waals surface area (Å²) >= 11 is 0. The Morgan fingerprint density at radius 3 is 2.71 bits per heavy atom. The number of nitrogens with one attached hydrogen (secondary N) is 1. The van der Waals surface area contributed by atoms with Crippen LogP contribution in [0.1, 0.15) is 15.9 Å². The second-order valence-electron chi connectivity index (χ2n) is 5.38. The Labute approximate surface area is 139 Å². The zero-order valence-electron chi connectivity index (χ0n) is 13.0. The molecule has 0 spiro atoms. The van der Waals surface area contributed by atoms with Gasteiger partial charge < -0.3 is 10.4 Å². The number of hydrogen-bond donors (Lipinski definition) is 2. The average Bonchev–Trinajstić information content (AvgIpc) is 3.15. The van der Waals surface area contributed by atoms with E-state index < -0.39 is 6.10 Å². The molecule has 2 heterocycles. The van der Waals surface area contributed by atoms with Crippen molar-refractivity contribution < 1.29 is 9.90 Å². The van der Waals surface area contributed by atoms with Crippen molar-refractivity contribution in [2.75, 3.05) is 6.54 Å². The molecule has 6 heteroatoms. The summed E-state index contributed by atoms with van der Waals surface area (Å²) in [5, 5.41) is 17.0. The third-order valence-corrected chi connectivity index (χ3v) is 3.57. The smallest absolute Gasteiger partial charge is 0.255 e. The molecule has 0 fully saturated rings. The van der Waals surface area contributed by atoms with E-state index >= 15 is 0 Å². The predicted octanol–water partition coefficient (Wildman–Crippen LogP) is 1.60. The molecule has 122 valence electrons. The van der Waals surface area contributed by atoms with Gasteiger partial charge in [0.05, 0.1) is 11.7 Å². The standard InChI is InChI=1S/C18H18N4O2/c23-15(12-14-6-2-1-3-7-14)13-20-18(24)16-8-4-9-19-17(16)22-11-5-10-21-22/h1-11,15,23H,12-13H2,(H,20,24).